The number of benzene rings is 3. The molecule has 2 amide bonds. The molecule has 3 aromatic carbocycles. The van der Waals surface area contributed by atoms with Gasteiger partial charge in [-0.05, 0) is 16.7 Å². The van der Waals surface area contributed by atoms with E-state index in [0.717, 1.165) is 30.5 Å². The van der Waals surface area contributed by atoms with Gasteiger partial charge in [0.05, 0.1) is 26.4 Å². The number of carbonyl (C=O) groups is 5. The summed E-state index contributed by atoms with van der Waals surface area (Å²) in [6.07, 6.45) is -9.82. The van der Waals surface area contributed by atoms with Gasteiger partial charge >= 0.3 is 17.9 Å². The molecule has 0 spiro atoms. The first-order valence-electron chi connectivity index (χ1n) is 19.3. The van der Waals surface area contributed by atoms with Crippen molar-refractivity contribution in [3.05, 3.63) is 108 Å². The van der Waals surface area contributed by atoms with Crippen LogP contribution in [0.15, 0.2) is 91.0 Å². The van der Waals surface area contributed by atoms with Crippen LogP contribution in [0.5, 0.6) is 0 Å². The van der Waals surface area contributed by atoms with Crippen LogP contribution in [-0.4, -0.2) is 104 Å². The van der Waals surface area contributed by atoms with Crippen LogP contribution in [0.2, 0.25) is 0 Å². The van der Waals surface area contributed by atoms with Gasteiger partial charge in [-0.3, -0.25) is 24.0 Å². The largest absolute Gasteiger partial charge is 0.463 e. The van der Waals surface area contributed by atoms with Crippen LogP contribution in [0, 0.1) is 0 Å². The summed E-state index contributed by atoms with van der Waals surface area (Å²) in [6, 6.07) is 25.9. The van der Waals surface area contributed by atoms with Crippen LogP contribution >= 0.6 is 0 Å². The Labute approximate surface area is 343 Å². The van der Waals surface area contributed by atoms with Crippen LogP contribution in [0.4, 0.5) is 0 Å². The second kappa shape index (κ2) is 22.2. The number of carbonyl (C=O) groups excluding carboxylic acids is 5. The molecule has 2 N–H and O–H groups in total. The third-order valence-electron chi connectivity index (χ3n) is 9.31. The molecule has 0 bridgehead atoms. The van der Waals surface area contributed by atoms with Crippen molar-refractivity contribution >= 4 is 29.7 Å². The van der Waals surface area contributed by atoms with Crippen LogP contribution in [0.1, 0.15) is 51.3 Å². The Morgan fingerprint density at radius 1 is 0.508 bits per heavy atom. The van der Waals surface area contributed by atoms with Gasteiger partial charge in [0.25, 0.3) is 0 Å². The maximum absolute atomic E-state index is 13.0. The normalized spacial score (nSPS) is 26.5. The molecule has 2 fully saturated rings. The SMILES string of the molecule is CC(=O)N[C@H]1[C@@H](OCc2ccccc2)O[C@H](COCc2ccccc2)[C@H](OCc2ccccc2)[C@@H]1O[C@@H]1O[C@H](COC(C)=O)[C@H](OC(C)=O)[C@H](OC(C)=O)[C@H]1NC(C)=O. The van der Waals surface area contributed by atoms with Crippen LogP contribution < -0.4 is 10.6 Å². The van der Waals surface area contributed by atoms with E-state index in [-0.39, 0.29) is 26.4 Å². The molecular weight excluding hydrogens is 768 g/mol. The van der Waals surface area contributed by atoms with Gasteiger partial charge in [-0.15, -0.1) is 0 Å². The first kappa shape index (κ1) is 44.9. The Kier molecular flexibility index (Phi) is 16.9. The minimum absolute atomic E-state index is 0.0213. The molecule has 0 unspecified atom stereocenters. The van der Waals surface area contributed by atoms with Gasteiger partial charge in [0, 0.05) is 34.6 Å². The second-order valence-corrected chi connectivity index (χ2v) is 14.1. The van der Waals surface area contributed by atoms with E-state index in [2.05, 4.69) is 10.6 Å². The number of ether oxygens (including phenoxy) is 9. The molecule has 2 saturated heterocycles. The molecule has 0 radical (unpaired) electrons. The first-order valence-corrected chi connectivity index (χ1v) is 19.3. The van der Waals surface area contributed by atoms with E-state index >= 15 is 0 Å². The zero-order chi connectivity index (χ0) is 42.3. The summed E-state index contributed by atoms with van der Waals surface area (Å²) < 4.78 is 55.8. The highest BCUT2D eigenvalue weighted by Gasteiger charge is 2.55. The van der Waals surface area contributed by atoms with Crippen molar-refractivity contribution in [2.75, 3.05) is 13.2 Å². The summed E-state index contributed by atoms with van der Waals surface area (Å²) in [4.78, 5) is 62.9. The first-order chi connectivity index (χ1) is 28.4. The molecule has 10 atom stereocenters. The van der Waals surface area contributed by atoms with Crippen molar-refractivity contribution in [2.24, 2.45) is 0 Å². The van der Waals surface area contributed by atoms with E-state index in [9.17, 15) is 24.0 Å². The molecule has 2 aliphatic rings. The summed E-state index contributed by atoms with van der Waals surface area (Å²) in [5, 5.41) is 5.66. The predicted molar refractivity (Wildman–Crippen MR) is 207 cm³/mol. The topological polar surface area (TPSA) is 192 Å². The van der Waals surface area contributed by atoms with Gasteiger partial charge < -0.3 is 53.3 Å². The lowest BCUT2D eigenvalue weighted by molar-refractivity contribution is -0.336. The van der Waals surface area contributed by atoms with Crippen LogP contribution in [0.3, 0.4) is 0 Å². The van der Waals surface area contributed by atoms with Crippen LogP contribution in [0.25, 0.3) is 0 Å². The molecule has 2 heterocycles. The molecule has 2 aliphatic heterocycles. The average Bonchev–Trinajstić information content (AvgIpc) is 3.19. The van der Waals surface area contributed by atoms with Gasteiger partial charge in [0.15, 0.2) is 24.8 Å². The van der Waals surface area contributed by atoms with Crippen molar-refractivity contribution in [2.45, 2.75) is 116 Å². The van der Waals surface area contributed by atoms with Crippen molar-refractivity contribution < 1.29 is 66.6 Å². The summed E-state index contributed by atoms with van der Waals surface area (Å²) in [5.74, 6) is -3.22. The van der Waals surface area contributed by atoms with E-state index in [1.807, 2.05) is 91.0 Å². The Morgan fingerprint density at radius 3 is 1.47 bits per heavy atom. The zero-order valence-electron chi connectivity index (χ0n) is 33.7. The fourth-order valence-electron chi connectivity index (χ4n) is 6.88. The summed E-state index contributed by atoms with van der Waals surface area (Å²) >= 11 is 0. The van der Waals surface area contributed by atoms with E-state index in [1.54, 1.807) is 0 Å². The fraction of sp³-hybridized carbons (Fsp3) is 0.465. The summed E-state index contributed by atoms with van der Waals surface area (Å²) in [7, 11) is 0. The van der Waals surface area contributed by atoms with Crippen molar-refractivity contribution in [3.8, 4) is 0 Å². The van der Waals surface area contributed by atoms with E-state index in [0.29, 0.717) is 0 Å². The highest BCUT2D eigenvalue weighted by molar-refractivity contribution is 5.74. The Morgan fingerprint density at radius 2 is 0.966 bits per heavy atom. The number of amides is 2. The van der Waals surface area contributed by atoms with Gasteiger partial charge in [-0.25, -0.2) is 0 Å². The maximum atomic E-state index is 13.0. The van der Waals surface area contributed by atoms with E-state index in [1.165, 1.54) is 20.8 Å². The molecule has 59 heavy (non-hydrogen) atoms. The Bertz CT molecular complexity index is 1820. The quantitative estimate of drug-likeness (QED) is 0.140. The van der Waals surface area contributed by atoms with Crippen molar-refractivity contribution in [1.29, 1.82) is 0 Å². The number of hydrogen-bond acceptors (Lipinski definition) is 14. The van der Waals surface area contributed by atoms with Gasteiger partial charge in [-0.2, -0.15) is 0 Å². The highest BCUT2D eigenvalue weighted by Crippen LogP contribution is 2.34. The van der Waals surface area contributed by atoms with E-state index in [4.69, 9.17) is 42.6 Å². The smallest absolute Gasteiger partial charge is 0.303 e. The predicted octanol–water partition coefficient (Wildman–Crippen LogP) is 3.28. The molecule has 3 aromatic rings. The molecule has 16 heteroatoms. The lowest BCUT2D eigenvalue weighted by Crippen LogP contribution is -2.70. The Hall–Kier alpha value is -5.23. The molecule has 0 aromatic heterocycles. The number of hydrogen-bond donors (Lipinski definition) is 2. The van der Waals surface area contributed by atoms with Gasteiger partial charge in [0.1, 0.15) is 43.1 Å². The fourth-order valence-corrected chi connectivity index (χ4v) is 6.88. The van der Waals surface area contributed by atoms with Crippen molar-refractivity contribution in [1.82, 2.24) is 10.6 Å². The van der Waals surface area contributed by atoms with Crippen molar-refractivity contribution in [3.63, 3.8) is 0 Å². The molecule has 16 nitrogen and oxygen atoms in total. The highest BCUT2D eigenvalue weighted by atomic mass is 16.7. The zero-order valence-corrected chi connectivity index (χ0v) is 33.7. The lowest BCUT2D eigenvalue weighted by Gasteiger charge is -2.50. The number of nitrogens with one attached hydrogen (secondary N) is 2. The van der Waals surface area contributed by atoms with Gasteiger partial charge in [0.2, 0.25) is 11.8 Å². The summed E-state index contributed by atoms with van der Waals surface area (Å²) in [5.41, 5.74) is 2.56. The standard InChI is InChI=1S/C43H52N2O14/c1-26(46)44-36-40(59-43-37(45-27(2)47)41(56-30(5)50)39(55-29(4)49)35(58-43)25-52-28(3)48)38(53-22-32-17-11-7-12-18-32)34(24-51-21-31-15-9-6-10-16-31)57-42(36)54-23-33-19-13-8-14-20-33/h6-20,34-43H,21-25H2,1-5H3,(H,44,46)(H,45,47)/t34-,35-,36-,37-,38+,39+,40-,41-,42+,43+/m1/s1. The number of rotatable bonds is 18. The second-order valence-electron chi connectivity index (χ2n) is 14.1. The minimum Gasteiger partial charge on any atom is -0.463 e. The third kappa shape index (κ3) is 13.7. The summed E-state index contributed by atoms with van der Waals surface area (Å²) in [6.45, 7) is 5.97. The Balaban J connectivity index is 1.59. The van der Waals surface area contributed by atoms with Gasteiger partial charge in [-0.1, -0.05) is 91.0 Å². The third-order valence-corrected chi connectivity index (χ3v) is 9.31. The molecular formula is C43H52N2O14. The van der Waals surface area contributed by atoms with Crippen LogP contribution in [-0.2, 0) is 86.4 Å². The molecule has 5 rings (SSSR count). The minimum atomic E-state index is -1.52. The monoisotopic (exact) mass is 820 g/mol. The van der Waals surface area contributed by atoms with E-state index < -0.39 is 97.6 Å². The number of esters is 3. The molecule has 0 saturated carbocycles. The maximum Gasteiger partial charge on any atom is 0.303 e. The molecule has 318 valence electrons. The molecule has 0 aliphatic carbocycles. The average molecular weight is 821 g/mol. The lowest BCUT2D eigenvalue weighted by atomic mass is 9.93.